The van der Waals surface area contributed by atoms with Gasteiger partial charge in [-0.1, -0.05) is 23.2 Å². The molecule has 0 aromatic heterocycles. The zero-order valence-electron chi connectivity index (χ0n) is 9.43. The fourth-order valence-corrected chi connectivity index (χ4v) is 1.49. The minimum atomic E-state index is -5.80. The van der Waals surface area contributed by atoms with Crippen molar-refractivity contribution in [2.75, 3.05) is 0 Å². The van der Waals surface area contributed by atoms with E-state index >= 15 is 0 Å². The predicted molar refractivity (Wildman–Crippen MR) is 59.6 cm³/mol. The number of rotatable bonds is 5. The molecular formula is C9H3Cl2F6NO3. The van der Waals surface area contributed by atoms with Gasteiger partial charge in [0.1, 0.15) is 10.8 Å². The maximum absolute atomic E-state index is 13.0. The Labute approximate surface area is 122 Å². The van der Waals surface area contributed by atoms with Crippen LogP contribution in [0.4, 0.5) is 32.0 Å². The SMILES string of the molecule is O=[N+]([O-])c1cc(Cl)c(OC(F)(F)C(F)(F)C(F)F)cc1Cl. The van der Waals surface area contributed by atoms with Crippen LogP contribution in [0.3, 0.4) is 0 Å². The van der Waals surface area contributed by atoms with E-state index in [2.05, 4.69) is 4.74 Å². The highest BCUT2D eigenvalue weighted by atomic mass is 35.5. The summed E-state index contributed by atoms with van der Waals surface area (Å²) in [5, 5.41) is 8.84. The maximum Gasteiger partial charge on any atom is 0.470 e. The van der Waals surface area contributed by atoms with Crippen molar-refractivity contribution in [2.24, 2.45) is 0 Å². The Bertz CT molecular complexity index is 569. The molecule has 0 amide bonds. The lowest BCUT2D eigenvalue weighted by Gasteiger charge is -2.26. The molecule has 0 N–H and O–H groups in total. The molecule has 118 valence electrons. The first kappa shape index (κ1) is 17.6. The second kappa shape index (κ2) is 5.76. The maximum atomic E-state index is 13.0. The van der Waals surface area contributed by atoms with Crippen molar-refractivity contribution >= 4 is 28.9 Å². The Morgan fingerprint density at radius 3 is 2.10 bits per heavy atom. The summed E-state index contributed by atoms with van der Waals surface area (Å²) < 4.78 is 78.6. The minimum Gasteiger partial charge on any atom is -0.426 e. The summed E-state index contributed by atoms with van der Waals surface area (Å²) >= 11 is 10.7. The minimum absolute atomic E-state index is 0.345. The molecule has 21 heavy (non-hydrogen) atoms. The Hall–Kier alpha value is -1.42. The zero-order valence-corrected chi connectivity index (χ0v) is 10.9. The standard InChI is InChI=1S/C9H3Cl2F6NO3/c10-3-2-6(4(11)1-5(3)18(19)20)21-9(16,17)8(14,15)7(12)13/h1-2,7H. The molecular weight excluding hydrogens is 355 g/mol. The first-order valence-electron chi connectivity index (χ1n) is 4.76. The molecule has 1 rings (SSSR count). The average Bonchev–Trinajstić information content (AvgIpc) is 2.32. The van der Waals surface area contributed by atoms with E-state index in [9.17, 15) is 36.5 Å². The van der Waals surface area contributed by atoms with E-state index < -0.39 is 44.9 Å². The van der Waals surface area contributed by atoms with E-state index in [0.29, 0.717) is 12.1 Å². The molecule has 0 atom stereocenters. The molecule has 0 unspecified atom stereocenters. The Morgan fingerprint density at radius 2 is 1.67 bits per heavy atom. The van der Waals surface area contributed by atoms with E-state index in [1.165, 1.54) is 0 Å². The summed E-state index contributed by atoms with van der Waals surface area (Å²) in [4.78, 5) is 9.45. The summed E-state index contributed by atoms with van der Waals surface area (Å²) in [6, 6.07) is 0.799. The monoisotopic (exact) mass is 357 g/mol. The van der Waals surface area contributed by atoms with Crippen LogP contribution in [0.15, 0.2) is 12.1 Å². The van der Waals surface area contributed by atoms with Gasteiger partial charge >= 0.3 is 18.5 Å². The molecule has 4 nitrogen and oxygen atoms in total. The van der Waals surface area contributed by atoms with Crippen LogP contribution in [0, 0.1) is 10.1 Å². The highest BCUT2D eigenvalue weighted by molar-refractivity contribution is 6.35. The summed E-state index contributed by atoms with van der Waals surface area (Å²) in [5.41, 5.74) is -0.807. The van der Waals surface area contributed by atoms with Crippen LogP contribution in [0.25, 0.3) is 0 Å². The van der Waals surface area contributed by atoms with Crippen LogP contribution < -0.4 is 4.74 Å². The van der Waals surface area contributed by atoms with Gasteiger partial charge in [0.05, 0.1) is 9.95 Å². The molecule has 0 aliphatic heterocycles. The van der Waals surface area contributed by atoms with Gasteiger partial charge in [0.2, 0.25) is 0 Å². The first-order valence-corrected chi connectivity index (χ1v) is 5.52. The van der Waals surface area contributed by atoms with Gasteiger partial charge in [0.25, 0.3) is 5.69 Å². The van der Waals surface area contributed by atoms with Crippen LogP contribution >= 0.6 is 23.2 Å². The molecule has 0 saturated carbocycles. The fraction of sp³-hybridized carbons (Fsp3) is 0.333. The van der Waals surface area contributed by atoms with E-state index in [-0.39, 0.29) is 0 Å². The highest BCUT2D eigenvalue weighted by Gasteiger charge is 2.66. The Balaban J connectivity index is 3.20. The summed E-state index contributed by atoms with van der Waals surface area (Å²) in [6.07, 6.45) is -10.3. The number of nitrogens with zero attached hydrogens (tertiary/aromatic N) is 1. The van der Waals surface area contributed by atoms with E-state index in [0.717, 1.165) is 0 Å². The van der Waals surface area contributed by atoms with Crippen molar-refractivity contribution in [1.29, 1.82) is 0 Å². The molecule has 0 heterocycles. The molecule has 0 bridgehead atoms. The van der Waals surface area contributed by atoms with Crippen LogP contribution in [0.1, 0.15) is 0 Å². The normalized spacial score (nSPS) is 12.6. The van der Waals surface area contributed by atoms with Crippen LogP contribution in [0.5, 0.6) is 5.75 Å². The number of hydrogen-bond donors (Lipinski definition) is 0. The van der Waals surface area contributed by atoms with Gasteiger partial charge in [-0.25, -0.2) is 8.78 Å². The van der Waals surface area contributed by atoms with Crippen LogP contribution in [-0.2, 0) is 0 Å². The second-order valence-corrected chi connectivity index (χ2v) is 4.35. The number of nitro groups is 1. The smallest absolute Gasteiger partial charge is 0.426 e. The van der Waals surface area contributed by atoms with Crippen molar-refractivity contribution < 1.29 is 36.0 Å². The second-order valence-electron chi connectivity index (χ2n) is 3.53. The van der Waals surface area contributed by atoms with E-state index in [4.69, 9.17) is 23.2 Å². The van der Waals surface area contributed by atoms with Gasteiger partial charge in [-0.2, -0.15) is 17.6 Å². The van der Waals surface area contributed by atoms with Gasteiger partial charge in [-0.3, -0.25) is 10.1 Å². The molecule has 0 spiro atoms. The number of ether oxygens (including phenoxy) is 1. The number of hydrogen-bond acceptors (Lipinski definition) is 3. The lowest BCUT2D eigenvalue weighted by molar-refractivity contribution is -0.384. The number of nitro benzene ring substituents is 1. The molecule has 0 fully saturated rings. The third-order valence-corrected chi connectivity index (χ3v) is 2.70. The molecule has 1 aromatic rings. The molecule has 12 heteroatoms. The van der Waals surface area contributed by atoms with Crippen LogP contribution in [-0.4, -0.2) is 23.4 Å². The third kappa shape index (κ3) is 3.43. The molecule has 1 aromatic carbocycles. The first-order chi connectivity index (χ1) is 9.40. The van der Waals surface area contributed by atoms with Gasteiger partial charge < -0.3 is 4.74 Å². The molecule has 0 aliphatic rings. The topological polar surface area (TPSA) is 52.4 Å². The Kier molecular flexibility index (Phi) is 4.83. The lowest BCUT2D eigenvalue weighted by atomic mass is 10.3. The van der Waals surface area contributed by atoms with Crippen molar-refractivity contribution in [1.82, 2.24) is 0 Å². The average molecular weight is 358 g/mol. The fourth-order valence-electron chi connectivity index (χ4n) is 1.07. The Morgan fingerprint density at radius 1 is 1.14 bits per heavy atom. The van der Waals surface area contributed by atoms with Gasteiger partial charge in [0.15, 0.2) is 0 Å². The molecule has 0 aliphatic carbocycles. The van der Waals surface area contributed by atoms with Gasteiger partial charge in [-0.05, 0) is 0 Å². The quantitative estimate of drug-likeness (QED) is 0.433. The lowest BCUT2D eigenvalue weighted by Crippen LogP contribution is -2.50. The van der Waals surface area contributed by atoms with Crippen LogP contribution in [0.2, 0.25) is 10.0 Å². The summed E-state index contributed by atoms with van der Waals surface area (Å²) in [7, 11) is 0. The third-order valence-electron chi connectivity index (χ3n) is 2.10. The number of halogens is 8. The highest BCUT2D eigenvalue weighted by Crippen LogP contribution is 2.43. The van der Waals surface area contributed by atoms with E-state index in [1.54, 1.807) is 0 Å². The molecule has 0 radical (unpaired) electrons. The largest absolute Gasteiger partial charge is 0.470 e. The number of alkyl halides is 6. The number of benzene rings is 1. The predicted octanol–water partition coefficient (Wildman–Crippen LogP) is 4.77. The van der Waals surface area contributed by atoms with Gasteiger partial charge in [0, 0.05) is 12.1 Å². The van der Waals surface area contributed by atoms with E-state index in [1.807, 2.05) is 0 Å². The van der Waals surface area contributed by atoms with Crippen molar-refractivity contribution in [3.63, 3.8) is 0 Å². The summed E-state index contributed by atoms with van der Waals surface area (Å²) in [5.74, 6) is -7.01. The van der Waals surface area contributed by atoms with Crippen molar-refractivity contribution in [3.05, 3.63) is 32.3 Å². The summed E-state index contributed by atoms with van der Waals surface area (Å²) in [6.45, 7) is 0. The zero-order chi connectivity index (χ0) is 16.6. The van der Waals surface area contributed by atoms with Gasteiger partial charge in [-0.15, -0.1) is 0 Å². The van der Waals surface area contributed by atoms with Crippen molar-refractivity contribution in [2.45, 2.75) is 18.5 Å². The molecule has 0 saturated heterocycles. The van der Waals surface area contributed by atoms with Crippen molar-refractivity contribution in [3.8, 4) is 5.75 Å².